The van der Waals surface area contributed by atoms with E-state index in [1.54, 1.807) is 31.2 Å². The Labute approximate surface area is 117 Å². The van der Waals surface area contributed by atoms with Crippen LogP contribution in [0, 0.1) is 6.92 Å². The number of aryl methyl sites for hydroxylation is 1. The molecular formula is C13H15N3O2S. The summed E-state index contributed by atoms with van der Waals surface area (Å²) < 4.78 is 12.0. The van der Waals surface area contributed by atoms with Crippen LogP contribution in [0.4, 0.5) is 5.69 Å². The lowest BCUT2D eigenvalue weighted by molar-refractivity contribution is 0.395. The number of rotatable bonds is 3. The Bertz CT molecular complexity index is 595. The third kappa shape index (κ3) is 3.03. The van der Waals surface area contributed by atoms with Crippen molar-refractivity contribution in [1.82, 2.24) is 9.78 Å². The van der Waals surface area contributed by atoms with Gasteiger partial charge in [-0.05, 0) is 36.8 Å². The fourth-order valence-corrected chi connectivity index (χ4v) is 1.81. The Morgan fingerprint density at radius 2 is 2.11 bits per heavy atom. The van der Waals surface area contributed by atoms with Gasteiger partial charge in [0.05, 0.1) is 26.1 Å². The van der Waals surface area contributed by atoms with Gasteiger partial charge in [-0.25, -0.2) is 4.68 Å². The van der Waals surface area contributed by atoms with E-state index in [1.807, 2.05) is 25.3 Å². The smallest absolute Gasteiger partial charge is 0.198 e. The maximum atomic E-state index is 5.30. The van der Waals surface area contributed by atoms with Crippen molar-refractivity contribution < 1.29 is 9.47 Å². The molecule has 0 aliphatic heterocycles. The monoisotopic (exact) mass is 277 g/mol. The van der Waals surface area contributed by atoms with E-state index in [4.69, 9.17) is 21.7 Å². The van der Waals surface area contributed by atoms with Gasteiger partial charge in [0, 0.05) is 12.3 Å². The van der Waals surface area contributed by atoms with E-state index in [-0.39, 0.29) is 0 Å². The van der Waals surface area contributed by atoms with Crippen LogP contribution in [0.15, 0.2) is 30.6 Å². The largest absolute Gasteiger partial charge is 0.497 e. The van der Waals surface area contributed by atoms with E-state index < -0.39 is 0 Å². The molecule has 2 aromatic rings. The normalized spacial score (nSPS) is 10.1. The van der Waals surface area contributed by atoms with E-state index in [0.717, 1.165) is 17.0 Å². The highest BCUT2D eigenvalue weighted by Gasteiger charge is 2.08. The number of thiocarbonyl (C=S) groups is 1. The second-order valence-corrected chi connectivity index (χ2v) is 4.35. The van der Waals surface area contributed by atoms with Crippen LogP contribution in [-0.2, 0) is 0 Å². The number of methoxy groups -OCH3 is 2. The van der Waals surface area contributed by atoms with Crippen LogP contribution < -0.4 is 14.8 Å². The number of hydrogen-bond acceptors (Lipinski definition) is 4. The molecule has 0 spiro atoms. The summed E-state index contributed by atoms with van der Waals surface area (Å²) in [6, 6.07) is 5.47. The average molecular weight is 277 g/mol. The van der Waals surface area contributed by atoms with E-state index in [1.165, 1.54) is 0 Å². The van der Waals surface area contributed by atoms with Crippen LogP contribution in [0.3, 0.4) is 0 Å². The van der Waals surface area contributed by atoms with Gasteiger partial charge in [-0.1, -0.05) is 0 Å². The summed E-state index contributed by atoms with van der Waals surface area (Å²) in [5, 5.41) is 7.73. The summed E-state index contributed by atoms with van der Waals surface area (Å²) in [4.78, 5) is 0. The summed E-state index contributed by atoms with van der Waals surface area (Å²) in [5.74, 6) is 1.38. The number of hydrogen-bond donors (Lipinski definition) is 1. The molecule has 0 atom stereocenters. The lowest BCUT2D eigenvalue weighted by Gasteiger charge is -2.12. The summed E-state index contributed by atoms with van der Waals surface area (Å²) >= 11 is 5.29. The minimum Gasteiger partial charge on any atom is -0.497 e. The molecule has 0 aliphatic carbocycles. The molecule has 0 fully saturated rings. The Hall–Kier alpha value is -2.08. The van der Waals surface area contributed by atoms with Crippen molar-refractivity contribution in [2.24, 2.45) is 0 Å². The summed E-state index contributed by atoms with van der Waals surface area (Å²) in [5.41, 5.74) is 1.81. The van der Waals surface area contributed by atoms with Crippen molar-refractivity contribution in [2.75, 3.05) is 19.5 Å². The molecular weight excluding hydrogens is 262 g/mol. The first-order chi connectivity index (χ1) is 9.13. The Balaban J connectivity index is 2.21. The van der Waals surface area contributed by atoms with Crippen molar-refractivity contribution in [3.8, 4) is 11.5 Å². The fraction of sp³-hybridized carbons (Fsp3) is 0.231. The van der Waals surface area contributed by atoms with Crippen LogP contribution in [0.2, 0.25) is 0 Å². The predicted molar refractivity (Wildman–Crippen MR) is 78.1 cm³/mol. The SMILES string of the molecule is COc1ccc(NC(=S)n2cc(C)cn2)c(OC)c1. The van der Waals surface area contributed by atoms with Gasteiger partial charge in [0.15, 0.2) is 5.11 Å². The van der Waals surface area contributed by atoms with Crippen molar-refractivity contribution >= 4 is 23.0 Å². The molecule has 5 nitrogen and oxygen atoms in total. The predicted octanol–water partition coefficient (Wildman–Crippen LogP) is 2.45. The molecule has 6 heteroatoms. The van der Waals surface area contributed by atoms with Crippen molar-refractivity contribution in [3.63, 3.8) is 0 Å². The lowest BCUT2D eigenvalue weighted by Crippen LogP contribution is -2.19. The van der Waals surface area contributed by atoms with Crippen LogP contribution >= 0.6 is 12.2 Å². The zero-order chi connectivity index (χ0) is 13.8. The van der Waals surface area contributed by atoms with Crippen LogP contribution in [0.1, 0.15) is 5.56 Å². The highest BCUT2D eigenvalue weighted by Crippen LogP contribution is 2.29. The molecule has 0 saturated heterocycles. The molecule has 1 N–H and O–H groups in total. The van der Waals surface area contributed by atoms with Gasteiger partial charge in [-0.15, -0.1) is 0 Å². The minimum absolute atomic E-state index is 0.483. The Morgan fingerprint density at radius 1 is 1.32 bits per heavy atom. The minimum atomic E-state index is 0.483. The van der Waals surface area contributed by atoms with E-state index in [9.17, 15) is 0 Å². The fourth-order valence-electron chi connectivity index (χ4n) is 1.60. The Kier molecular flexibility index (Phi) is 4.01. The van der Waals surface area contributed by atoms with Gasteiger partial charge in [-0.2, -0.15) is 5.10 Å². The maximum absolute atomic E-state index is 5.30. The topological polar surface area (TPSA) is 48.3 Å². The number of ether oxygens (including phenoxy) is 2. The standard InChI is InChI=1S/C13H15N3O2S/c1-9-7-14-16(8-9)13(19)15-11-5-4-10(17-2)6-12(11)18-3/h4-8H,1-3H3,(H,15,19). The maximum Gasteiger partial charge on any atom is 0.198 e. The molecule has 19 heavy (non-hydrogen) atoms. The van der Waals surface area contributed by atoms with Crippen molar-refractivity contribution in [1.29, 1.82) is 0 Å². The molecule has 0 saturated carbocycles. The van der Waals surface area contributed by atoms with Gasteiger partial charge < -0.3 is 14.8 Å². The quantitative estimate of drug-likeness (QED) is 0.873. The lowest BCUT2D eigenvalue weighted by atomic mass is 10.2. The molecule has 0 bridgehead atoms. The van der Waals surface area contributed by atoms with Gasteiger partial charge >= 0.3 is 0 Å². The zero-order valence-corrected chi connectivity index (χ0v) is 11.8. The highest BCUT2D eigenvalue weighted by molar-refractivity contribution is 7.80. The molecule has 1 aromatic carbocycles. The van der Waals surface area contributed by atoms with E-state index >= 15 is 0 Å². The van der Waals surface area contributed by atoms with E-state index in [2.05, 4.69) is 10.4 Å². The van der Waals surface area contributed by atoms with Crippen LogP contribution in [-0.4, -0.2) is 29.1 Å². The second-order valence-electron chi connectivity index (χ2n) is 3.96. The molecule has 0 radical (unpaired) electrons. The third-order valence-corrected chi connectivity index (χ3v) is 2.86. The first kappa shape index (κ1) is 13.4. The first-order valence-corrected chi connectivity index (χ1v) is 6.09. The van der Waals surface area contributed by atoms with Gasteiger partial charge in [-0.3, -0.25) is 0 Å². The van der Waals surface area contributed by atoms with Gasteiger partial charge in [0.25, 0.3) is 0 Å². The van der Waals surface area contributed by atoms with Gasteiger partial charge in [0.1, 0.15) is 11.5 Å². The van der Waals surface area contributed by atoms with Crippen molar-refractivity contribution in [3.05, 3.63) is 36.2 Å². The zero-order valence-electron chi connectivity index (χ0n) is 11.0. The molecule has 2 rings (SSSR count). The molecule has 0 unspecified atom stereocenters. The summed E-state index contributed by atoms with van der Waals surface area (Å²) in [7, 11) is 3.21. The average Bonchev–Trinajstić information content (AvgIpc) is 2.86. The third-order valence-electron chi connectivity index (χ3n) is 2.57. The van der Waals surface area contributed by atoms with Gasteiger partial charge in [0.2, 0.25) is 0 Å². The number of aromatic nitrogens is 2. The molecule has 100 valence electrons. The van der Waals surface area contributed by atoms with Crippen LogP contribution in [0.25, 0.3) is 0 Å². The van der Waals surface area contributed by atoms with Crippen LogP contribution in [0.5, 0.6) is 11.5 Å². The van der Waals surface area contributed by atoms with Crippen molar-refractivity contribution in [2.45, 2.75) is 6.92 Å². The Morgan fingerprint density at radius 3 is 2.68 bits per heavy atom. The number of anilines is 1. The number of nitrogens with one attached hydrogen (secondary N) is 1. The van der Waals surface area contributed by atoms with E-state index in [0.29, 0.717) is 10.9 Å². The summed E-state index contributed by atoms with van der Waals surface area (Å²) in [6.07, 6.45) is 3.60. The molecule has 0 aliphatic rings. The molecule has 1 heterocycles. The molecule has 0 amide bonds. The number of nitrogens with zero attached hydrogens (tertiary/aromatic N) is 2. The summed E-state index contributed by atoms with van der Waals surface area (Å²) in [6.45, 7) is 1.96. The number of benzene rings is 1. The first-order valence-electron chi connectivity index (χ1n) is 5.68. The molecule has 1 aromatic heterocycles. The highest BCUT2D eigenvalue weighted by atomic mass is 32.1. The second kappa shape index (κ2) is 5.71.